The van der Waals surface area contributed by atoms with Crippen LogP contribution in [0.4, 0.5) is 0 Å². The van der Waals surface area contributed by atoms with Crippen molar-refractivity contribution in [2.45, 2.75) is 43.5 Å². The highest BCUT2D eigenvalue weighted by Crippen LogP contribution is 2.30. The minimum Gasteiger partial charge on any atom is -0.508 e. The summed E-state index contributed by atoms with van der Waals surface area (Å²) in [5.41, 5.74) is 0.940. The van der Waals surface area contributed by atoms with Crippen LogP contribution in [0.1, 0.15) is 12.5 Å². The highest BCUT2D eigenvalue weighted by molar-refractivity contribution is 5.97. The number of rotatable bonds is 3. The molecule has 8 heteroatoms. The van der Waals surface area contributed by atoms with Gasteiger partial charge in [0.2, 0.25) is 5.91 Å². The lowest BCUT2D eigenvalue weighted by Crippen LogP contribution is -2.67. The Morgan fingerprint density at radius 1 is 1.16 bits per heavy atom. The number of aliphatic hydroxyl groups is 3. The number of phenolic OH excluding ortho intramolecular Hbond substituents is 1. The summed E-state index contributed by atoms with van der Waals surface area (Å²) in [5.74, 6) is -0.441. The van der Waals surface area contributed by atoms with E-state index in [0.29, 0.717) is 11.1 Å². The van der Waals surface area contributed by atoms with Gasteiger partial charge in [0, 0.05) is 5.57 Å². The molecule has 2 fully saturated rings. The Morgan fingerprint density at radius 2 is 1.84 bits per heavy atom. The van der Waals surface area contributed by atoms with E-state index in [-0.39, 0.29) is 12.5 Å². The van der Waals surface area contributed by atoms with Crippen molar-refractivity contribution in [2.75, 3.05) is 6.79 Å². The number of amides is 1. The van der Waals surface area contributed by atoms with Gasteiger partial charge in [-0.25, -0.2) is 0 Å². The number of fused-ring (bicyclic) bond motifs is 1. The summed E-state index contributed by atoms with van der Waals surface area (Å²) in [6.07, 6.45) is -3.98. The molecule has 0 unspecified atom stereocenters. The molecular formula is C17H21NO7. The Bertz CT molecular complexity index is 677. The Labute approximate surface area is 144 Å². The first-order valence-electron chi connectivity index (χ1n) is 7.94. The average Bonchev–Trinajstić information content (AvgIpc) is 3.06. The van der Waals surface area contributed by atoms with Gasteiger partial charge < -0.3 is 35.2 Å². The van der Waals surface area contributed by atoms with Crippen molar-refractivity contribution in [1.29, 1.82) is 0 Å². The van der Waals surface area contributed by atoms with Gasteiger partial charge in [-0.15, -0.1) is 0 Å². The van der Waals surface area contributed by atoms with E-state index in [0.717, 1.165) is 0 Å². The van der Waals surface area contributed by atoms with E-state index in [1.807, 2.05) is 0 Å². The van der Waals surface area contributed by atoms with Crippen LogP contribution in [0, 0.1) is 0 Å². The molecule has 1 heterocycles. The molecule has 1 saturated heterocycles. The Hall–Kier alpha value is -1.97. The predicted molar refractivity (Wildman–Crippen MR) is 86.3 cm³/mol. The molecule has 0 spiro atoms. The van der Waals surface area contributed by atoms with Gasteiger partial charge in [0.15, 0.2) is 0 Å². The van der Waals surface area contributed by atoms with E-state index >= 15 is 0 Å². The summed E-state index contributed by atoms with van der Waals surface area (Å²) >= 11 is 0. The zero-order valence-corrected chi connectivity index (χ0v) is 13.6. The first-order valence-corrected chi connectivity index (χ1v) is 7.94. The van der Waals surface area contributed by atoms with Gasteiger partial charge in [-0.1, -0.05) is 12.1 Å². The molecule has 25 heavy (non-hydrogen) atoms. The van der Waals surface area contributed by atoms with Gasteiger partial charge in [-0.3, -0.25) is 4.79 Å². The maximum atomic E-state index is 12.4. The Balaban J connectivity index is 1.73. The molecule has 1 amide bonds. The summed E-state index contributed by atoms with van der Waals surface area (Å²) in [4.78, 5) is 12.4. The van der Waals surface area contributed by atoms with Crippen LogP contribution in [0.3, 0.4) is 0 Å². The van der Waals surface area contributed by atoms with Gasteiger partial charge in [0.05, 0.1) is 6.04 Å². The number of nitrogens with one attached hydrogen (secondary N) is 1. The summed E-state index contributed by atoms with van der Waals surface area (Å²) in [5, 5.41) is 42.6. The van der Waals surface area contributed by atoms with Gasteiger partial charge in [0.25, 0.3) is 0 Å². The Morgan fingerprint density at radius 3 is 2.52 bits per heavy atom. The van der Waals surface area contributed by atoms with E-state index in [9.17, 15) is 25.2 Å². The van der Waals surface area contributed by atoms with Crippen molar-refractivity contribution >= 4 is 12.0 Å². The molecule has 1 aromatic rings. The molecule has 0 radical (unpaired) electrons. The van der Waals surface area contributed by atoms with Gasteiger partial charge >= 0.3 is 0 Å². The molecule has 1 aliphatic carbocycles. The third kappa shape index (κ3) is 3.53. The summed E-state index contributed by atoms with van der Waals surface area (Å²) in [7, 11) is 0. The van der Waals surface area contributed by atoms with E-state index < -0.39 is 42.5 Å². The highest BCUT2D eigenvalue weighted by atomic mass is 16.7. The number of aromatic hydroxyl groups is 1. The standard InChI is InChI=1S/C17H21NO7/c1-8(5-9-3-2-4-10(19)6-9)17(23)18-11-12(20)14(22)16-15(13(11)21)24-7-25-16/h2-6,11-16,19-22H,7H2,1H3,(H,18,23)/b8-5+/t11-,12+,13-,14-,15+,16-/m1/s1. The predicted octanol–water partition coefficient (Wildman–Crippen LogP) is -0.882. The molecule has 136 valence electrons. The van der Waals surface area contributed by atoms with Crippen molar-refractivity contribution in [1.82, 2.24) is 5.32 Å². The first-order chi connectivity index (χ1) is 11.9. The number of ether oxygens (including phenoxy) is 2. The lowest BCUT2D eigenvalue weighted by Gasteiger charge is -2.41. The molecule has 1 aliphatic heterocycles. The fraction of sp³-hybridized carbons (Fsp3) is 0.471. The number of hydrogen-bond donors (Lipinski definition) is 5. The SMILES string of the molecule is C/C(=C\c1cccc(O)c1)C(=O)N[C@@H]1[C@H](O)[C@@H](O)[C@H]2OCO[C@H]2[C@@H]1O. The fourth-order valence-corrected chi connectivity index (χ4v) is 3.15. The van der Waals surface area contributed by atoms with Crippen LogP contribution >= 0.6 is 0 Å². The van der Waals surface area contributed by atoms with Crippen LogP contribution in [0.2, 0.25) is 0 Å². The second kappa shape index (κ2) is 7.11. The summed E-state index contributed by atoms with van der Waals surface area (Å²) < 4.78 is 10.4. The van der Waals surface area contributed by atoms with Crippen molar-refractivity contribution in [2.24, 2.45) is 0 Å². The monoisotopic (exact) mass is 351 g/mol. The topological polar surface area (TPSA) is 128 Å². The molecule has 8 nitrogen and oxygen atoms in total. The zero-order valence-electron chi connectivity index (χ0n) is 13.6. The maximum absolute atomic E-state index is 12.4. The van der Waals surface area contributed by atoms with Gasteiger partial charge in [-0.05, 0) is 30.7 Å². The smallest absolute Gasteiger partial charge is 0.247 e. The molecule has 3 rings (SSSR count). The van der Waals surface area contributed by atoms with E-state index in [2.05, 4.69) is 5.32 Å². The van der Waals surface area contributed by atoms with Crippen molar-refractivity contribution in [3.63, 3.8) is 0 Å². The quantitative estimate of drug-likeness (QED) is 0.447. The molecular weight excluding hydrogens is 330 g/mol. The normalized spacial score (nSPS) is 35.3. The molecule has 6 atom stereocenters. The van der Waals surface area contributed by atoms with Crippen LogP contribution < -0.4 is 5.32 Å². The molecule has 2 aliphatic rings. The minimum atomic E-state index is -1.39. The number of phenols is 1. The lowest BCUT2D eigenvalue weighted by atomic mass is 9.83. The number of carbonyl (C=O) groups is 1. The zero-order chi connectivity index (χ0) is 18.1. The third-order valence-electron chi connectivity index (χ3n) is 4.51. The van der Waals surface area contributed by atoms with Crippen molar-refractivity contribution < 1.29 is 34.7 Å². The van der Waals surface area contributed by atoms with Crippen LogP contribution in [-0.2, 0) is 14.3 Å². The second-order valence-electron chi connectivity index (χ2n) is 6.27. The van der Waals surface area contributed by atoms with Crippen molar-refractivity contribution in [3.05, 3.63) is 35.4 Å². The average molecular weight is 351 g/mol. The summed E-state index contributed by atoms with van der Waals surface area (Å²) in [6, 6.07) is 5.29. The second-order valence-corrected chi connectivity index (χ2v) is 6.27. The number of carbonyl (C=O) groups excluding carboxylic acids is 1. The van der Waals surface area contributed by atoms with Crippen molar-refractivity contribution in [3.8, 4) is 5.75 Å². The molecule has 0 bridgehead atoms. The van der Waals surface area contributed by atoms with Gasteiger partial charge in [-0.2, -0.15) is 0 Å². The summed E-state index contributed by atoms with van der Waals surface area (Å²) in [6.45, 7) is 1.47. The number of hydrogen-bond acceptors (Lipinski definition) is 7. The molecule has 1 aromatic carbocycles. The van der Waals surface area contributed by atoms with Crippen LogP contribution in [-0.4, -0.2) is 69.7 Å². The maximum Gasteiger partial charge on any atom is 0.247 e. The molecule has 1 saturated carbocycles. The van der Waals surface area contributed by atoms with Crippen LogP contribution in [0.25, 0.3) is 6.08 Å². The largest absolute Gasteiger partial charge is 0.508 e. The molecule has 5 N–H and O–H groups in total. The van der Waals surface area contributed by atoms with E-state index in [4.69, 9.17) is 9.47 Å². The number of aliphatic hydroxyl groups excluding tert-OH is 3. The van der Waals surface area contributed by atoms with E-state index in [1.54, 1.807) is 25.1 Å². The minimum absolute atomic E-state index is 0.0765. The fourth-order valence-electron chi connectivity index (χ4n) is 3.15. The first kappa shape index (κ1) is 17.8. The third-order valence-corrected chi connectivity index (χ3v) is 4.51. The Kier molecular flexibility index (Phi) is 5.07. The van der Waals surface area contributed by atoms with Crippen LogP contribution in [0.15, 0.2) is 29.8 Å². The lowest BCUT2D eigenvalue weighted by molar-refractivity contribution is -0.155. The van der Waals surface area contributed by atoms with Crippen LogP contribution in [0.5, 0.6) is 5.75 Å². The number of benzene rings is 1. The molecule has 0 aromatic heterocycles. The van der Waals surface area contributed by atoms with Gasteiger partial charge in [0.1, 0.15) is 43.1 Å². The highest BCUT2D eigenvalue weighted by Gasteiger charge is 2.53. The van der Waals surface area contributed by atoms with E-state index in [1.165, 1.54) is 12.1 Å².